The summed E-state index contributed by atoms with van der Waals surface area (Å²) in [5.41, 5.74) is 1.93. The van der Waals surface area contributed by atoms with Gasteiger partial charge in [-0.25, -0.2) is 14.8 Å². The lowest BCUT2D eigenvalue weighted by Gasteiger charge is -2.19. The van der Waals surface area contributed by atoms with Gasteiger partial charge in [-0.15, -0.1) is 0 Å². The van der Waals surface area contributed by atoms with Gasteiger partial charge in [0.25, 0.3) is 11.8 Å². The number of fused-ring (bicyclic) bond motifs is 2. The van der Waals surface area contributed by atoms with Crippen LogP contribution in [0.2, 0.25) is 0 Å². The number of carbonyl (C=O) groups excluding carboxylic acids is 3. The molecule has 4 rings (SSSR count). The largest absolute Gasteiger partial charge is 0.482 e. The van der Waals surface area contributed by atoms with Crippen LogP contribution in [0.25, 0.3) is 11.0 Å². The highest BCUT2D eigenvalue weighted by molar-refractivity contribution is 6.07. The summed E-state index contributed by atoms with van der Waals surface area (Å²) in [5.74, 6) is -0.0840. The molecule has 11 nitrogen and oxygen atoms in total. The fraction of sp³-hybridized carbons (Fsp3) is 0.286. The quantitative estimate of drug-likeness (QED) is 0.489. The fourth-order valence-electron chi connectivity index (χ4n) is 3.13. The van der Waals surface area contributed by atoms with Crippen LogP contribution in [-0.2, 0) is 16.1 Å². The highest BCUT2D eigenvalue weighted by Gasteiger charge is 2.21. The summed E-state index contributed by atoms with van der Waals surface area (Å²) < 4.78 is 10.6. The zero-order valence-corrected chi connectivity index (χ0v) is 17.7. The van der Waals surface area contributed by atoms with Gasteiger partial charge in [-0.3, -0.25) is 14.9 Å². The summed E-state index contributed by atoms with van der Waals surface area (Å²) in [7, 11) is 0. The highest BCUT2D eigenvalue weighted by atomic mass is 16.6. The van der Waals surface area contributed by atoms with Crippen molar-refractivity contribution in [3.8, 4) is 5.75 Å². The molecule has 11 heteroatoms. The molecule has 0 bridgehead atoms. The van der Waals surface area contributed by atoms with Crippen LogP contribution in [-0.4, -0.2) is 45.1 Å². The molecule has 32 heavy (non-hydrogen) atoms. The third-order valence-electron chi connectivity index (χ3n) is 4.44. The minimum Gasteiger partial charge on any atom is -0.482 e. The van der Waals surface area contributed by atoms with E-state index in [4.69, 9.17) is 9.47 Å². The average Bonchev–Trinajstić information content (AvgIpc) is 3.13. The maximum Gasteiger partial charge on any atom is 0.412 e. The first-order chi connectivity index (χ1) is 15.2. The minimum absolute atomic E-state index is 0.0201. The fourth-order valence-corrected chi connectivity index (χ4v) is 3.13. The summed E-state index contributed by atoms with van der Waals surface area (Å²) in [5, 5.41) is 8.14. The normalized spacial score (nSPS) is 13.0. The van der Waals surface area contributed by atoms with Gasteiger partial charge in [0.05, 0.1) is 16.9 Å². The van der Waals surface area contributed by atoms with E-state index in [0.29, 0.717) is 28.2 Å². The second-order valence-corrected chi connectivity index (χ2v) is 8.13. The van der Waals surface area contributed by atoms with Crippen LogP contribution in [0.1, 0.15) is 36.8 Å². The van der Waals surface area contributed by atoms with E-state index in [-0.39, 0.29) is 24.8 Å². The molecule has 2 aromatic heterocycles. The third kappa shape index (κ3) is 4.61. The molecule has 0 fully saturated rings. The highest BCUT2D eigenvalue weighted by Crippen LogP contribution is 2.28. The first-order valence-electron chi connectivity index (χ1n) is 9.85. The molecule has 3 aromatic rings. The van der Waals surface area contributed by atoms with E-state index in [1.165, 1.54) is 12.5 Å². The third-order valence-corrected chi connectivity index (χ3v) is 4.44. The van der Waals surface area contributed by atoms with E-state index < -0.39 is 17.6 Å². The molecule has 1 aliphatic rings. The Hall–Kier alpha value is -4.15. The molecule has 3 amide bonds. The summed E-state index contributed by atoms with van der Waals surface area (Å²) >= 11 is 0. The molecule has 0 radical (unpaired) electrons. The molecular formula is C21H22N6O5. The summed E-state index contributed by atoms with van der Waals surface area (Å²) in [4.78, 5) is 47.5. The van der Waals surface area contributed by atoms with Crippen molar-refractivity contribution in [3.05, 3.63) is 42.0 Å². The first kappa shape index (κ1) is 21.1. The van der Waals surface area contributed by atoms with Gasteiger partial charge >= 0.3 is 6.09 Å². The van der Waals surface area contributed by atoms with E-state index in [9.17, 15) is 14.4 Å². The van der Waals surface area contributed by atoms with Gasteiger partial charge in [-0.05, 0) is 38.5 Å². The average molecular weight is 438 g/mol. The second-order valence-electron chi connectivity index (χ2n) is 8.13. The number of amides is 3. The van der Waals surface area contributed by atoms with Crippen molar-refractivity contribution in [1.29, 1.82) is 0 Å². The van der Waals surface area contributed by atoms with Gasteiger partial charge in [0.2, 0.25) is 0 Å². The lowest BCUT2D eigenvalue weighted by atomic mass is 10.1. The number of benzene rings is 1. The van der Waals surface area contributed by atoms with Crippen LogP contribution in [0.5, 0.6) is 5.75 Å². The monoisotopic (exact) mass is 438 g/mol. The Morgan fingerprint density at radius 1 is 1.25 bits per heavy atom. The number of rotatable bonds is 4. The molecule has 0 unspecified atom stereocenters. The SMILES string of the molecule is CC(C)(C)OC(=O)Nc1c[nH]c2c(C(=O)NCc3ccc4c(c3)NC(=O)CO4)ncnc12. The van der Waals surface area contributed by atoms with Crippen molar-refractivity contribution in [2.75, 3.05) is 17.2 Å². The predicted octanol–water partition coefficient (Wildman–Crippen LogP) is 2.57. The van der Waals surface area contributed by atoms with Crippen molar-refractivity contribution in [3.63, 3.8) is 0 Å². The zero-order valence-electron chi connectivity index (χ0n) is 17.7. The van der Waals surface area contributed by atoms with Crippen LogP contribution in [0.15, 0.2) is 30.7 Å². The standard InChI is InChI=1S/C21H22N6O5/c1-21(2,3)32-20(30)27-13-8-22-17-16(13)24-10-25-18(17)19(29)23-7-11-4-5-14-12(6-11)26-15(28)9-31-14/h4-6,8,10,22H,7,9H2,1-3H3,(H,23,29)(H,26,28)(H,27,30). The Morgan fingerprint density at radius 2 is 2.06 bits per heavy atom. The number of hydrogen-bond donors (Lipinski definition) is 4. The molecule has 0 saturated heterocycles. The minimum atomic E-state index is -0.651. The molecule has 0 atom stereocenters. The molecule has 0 spiro atoms. The van der Waals surface area contributed by atoms with Crippen molar-refractivity contribution in [2.45, 2.75) is 32.9 Å². The second kappa shape index (κ2) is 8.17. The van der Waals surface area contributed by atoms with E-state index >= 15 is 0 Å². The molecule has 1 aliphatic heterocycles. The number of anilines is 2. The Balaban J connectivity index is 1.47. The summed E-state index contributed by atoms with van der Waals surface area (Å²) in [6.45, 7) is 5.46. The smallest absolute Gasteiger partial charge is 0.412 e. The van der Waals surface area contributed by atoms with Crippen LogP contribution in [0, 0.1) is 0 Å². The Bertz CT molecular complexity index is 1210. The van der Waals surface area contributed by atoms with Gasteiger partial charge in [0.1, 0.15) is 23.2 Å². The number of aromatic nitrogens is 3. The van der Waals surface area contributed by atoms with Gasteiger partial charge in [-0.2, -0.15) is 0 Å². The van der Waals surface area contributed by atoms with Crippen molar-refractivity contribution < 1.29 is 23.9 Å². The molecular weight excluding hydrogens is 416 g/mol. The summed E-state index contributed by atoms with van der Waals surface area (Å²) in [6.07, 6.45) is 2.13. The van der Waals surface area contributed by atoms with Crippen molar-refractivity contribution in [2.24, 2.45) is 0 Å². The van der Waals surface area contributed by atoms with Gasteiger partial charge in [-0.1, -0.05) is 6.07 Å². The molecule has 4 N–H and O–H groups in total. The van der Waals surface area contributed by atoms with Crippen LogP contribution < -0.4 is 20.7 Å². The van der Waals surface area contributed by atoms with Gasteiger partial charge in [0.15, 0.2) is 12.3 Å². The van der Waals surface area contributed by atoms with Crippen LogP contribution in [0.3, 0.4) is 0 Å². The van der Waals surface area contributed by atoms with E-state index in [2.05, 4.69) is 30.9 Å². The Labute approximate surface area is 182 Å². The zero-order chi connectivity index (χ0) is 22.9. The molecule has 1 aromatic carbocycles. The number of hydrogen-bond acceptors (Lipinski definition) is 7. The predicted molar refractivity (Wildman–Crippen MR) is 115 cm³/mol. The lowest BCUT2D eigenvalue weighted by molar-refractivity contribution is -0.118. The van der Waals surface area contributed by atoms with Crippen LogP contribution >= 0.6 is 0 Å². The van der Waals surface area contributed by atoms with E-state index in [1.54, 1.807) is 39.0 Å². The molecule has 0 aliphatic carbocycles. The number of H-pyrrole nitrogens is 1. The lowest BCUT2D eigenvalue weighted by Crippen LogP contribution is -2.27. The maximum atomic E-state index is 12.8. The number of aromatic amines is 1. The molecule has 0 saturated carbocycles. The topological polar surface area (TPSA) is 147 Å². The van der Waals surface area contributed by atoms with E-state index in [0.717, 1.165) is 5.56 Å². The number of carbonyl (C=O) groups is 3. The summed E-state index contributed by atoms with van der Waals surface area (Å²) in [6, 6.07) is 5.27. The van der Waals surface area contributed by atoms with Gasteiger partial charge in [0, 0.05) is 12.7 Å². The maximum absolute atomic E-state index is 12.8. The number of nitrogens with zero attached hydrogens (tertiary/aromatic N) is 2. The molecule has 166 valence electrons. The Kier molecular flexibility index (Phi) is 5.39. The van der Waals surface area contributed by atoms with Crippen molar-refractivity contribution in [1.82, 2.24) is 20.3 Å². The van der Waals surface area contributed by atoms with Crippen LogP contribution in [0.4, 0.5) is 16.2 Å². The first-order valence-corrected chi connectivity index (χ1v) is 9.85. The molecule has 3 heterocycles. The van der Waals surface area contributed by atoms with E-state index in [1.807, 2.05) is 0 Å². The number of nitrogens with one attached hydrogen (secondary N) is 4. The number of ether oxygens (including phenoxy) is 2. The Morgan fingerprint density at radius 3 is 2.84 bits per heavy atom. The van der Waals surface area contributed by atoms with Crippen molar-refractivity contribution >= 4 is 40.3 Å². The van der Waals surface area contributed by atoms with Gasteiger partial charge < -0.3 is 25.1 Å².